The summed E-state index contributed by atoms with van der Waals surface area (Å²) in [6.45, 7) is 7.23. The predicted molar refractivity (Wildman–Crippen MR) is 87.5 cm³/mol. The van der Waals surface area contributed by atoms with Crippen molar-refractivity contribution in [3.63, 3.8) is 0 Å². The second-order valence-corrected chi connectivity index (χ2v) is 7.17. The molecule has 1 aromatic rings. The number of piperidine rings is 1. The molecular weight excluding hydrogens is 244 g/mol. The first-order valence-corrected chi connectivity index (χ1v) is 8.27. The zero-order valence-electron chi connectivity index (χ0n) is 13.0. The van der Waals surface area contributed by atoms with E-state index < -0.39 is 0 Å². The Morgan fingerprint density at radius 3 is 2.30 bits per heavy atom. The molecule has 1 N–H and O–H groups in total. The van der Waals surface area contributed by atoms with Gasteiger partial charge in [0.1, 0.15) is 0 Å². The van der Waals surface area contributed by atoms with Crippen LogP contribution >= 0.6 is 0 Å². The molecule has 0 aromatic heterocycles. The first kappa shape index (κ1) is 13.8. The highest BCUT2D eigenvalue weighted by Gasteiger charge is 2.34. The highest BCUT2D eigenvalue weighted by atomic mass is 15.1. The maximum absolute atomic E-state index is 3.74. The first-order valence-electron chi connectivity index (χ1n) is 8.27. The van der Waals surface area contributed by atoms with Crippen LogP contribution in [-0.4, -0.2) is 19.1 Å². The van der Waals surface area contributed by atoms with E-state index in [0.717, 1.165) is 0 Å². The van der Waals surface area contributed by atoms with Crippen molar-refractivity contribution >= 4 is 11.4 Å². The number of benzene rings is 1. The largest absolute Gasteiger partial charge is 0.382 e. The Kier molecular flexibility index (Phi) is 3.91. The van der Waals surface area contributed by atoms with Crippen LogP contribution in [0.3, 0.4) is 0 Å². The molecule has 1 aliphatic heterocycles. The fraction of sp³-hybridized carbons (Fsp3) is 0.667. The SMILES string of the molecule is CC1(C)CCCC1Nc1ccc(N2CCCCC2)cc1. The van der Waals surface area contributed by atoms with Gasteiger partial charge in [-0.15, -0.1) is 0 Å². The van der Waals surface area contributed by atoms with Gasteiger partial charge in [0.15, 0.2) is 0 Å². The van der Waals surface area contributed by atoms with Gasteiger partial charge in [-0.25, -0.2) is 0 Å². The van der Waals surface area contributed by atoms with Gasteiger partial charge >= 0.3 is 0 Å². The lowest BCUT2D eigenvalue weighted by atomic mass is 9.87. The zero-order chi connectivity index (χ0) is 14.0. The molecule has 0 bridgehead atoms. The van der Waals surface area contributed by atoms with Gasteiger partial charge in [0, 0.05) is 30.5 Å². The van der Waals surface area contributed by atoms with Gasteiger partial charge in [-0.2, -0.15) is 0 Å². The minimum absolute atomic E-state index is 0.436. The van der Waals surface area contributed by atoms with Crippen LogP contribution in [0.4, 0.5) is 11.4 Å². The van der Waals surface area contributed by atoms with Crippen molar-refractivity contribution in [2.45, 2.75) is 58.4 Å². The number of rotatable bonds is 3. The summed E-state index contributed by atoms with van der Waals surface area (Å²) in [7, 11) is 0. The molecule has 110 valence electrons. The van der Waals surface area contributed by atoms with Gasteiger partial charge in [-0.1, -0.05) is 20.3 Å². The van der Waals surface area contributed by atoms with E-state index in [0.29, 0.717) is 11.5 Å². The van der Waals surface area contributed by atoms with Crippen molar-refractivity contribution in [3.05, 3.63) is 24.3 Å². The van der Waals surface area contributed by atoms with Crippen LogP contribution < -0.4 is 10.2 Å². The summed E-state index contributed by atoms with van der Waals surface area (Å²) in [5.74, 6) is 0. The van der Waals surface area contributed by atoms with Gasteiger partial charge in [0.25, 0.3) is 0 Å². The second-order valence-electron chi connectivity index (χ2n) is 7.17. The van der Waals surface area contributed by atoms with Crippen molar-refractivity contribution in [1.82, 2.24) is 0 Å². The van der Waals surface area contributed by atoms with Crippen LogP contribution in [0.15, 0.2) is 24.3 Å². The third-order valence-corrected chi connectivity index (χ3v) is 5.19. The van der Waals surface area contributed by atoms with Crippen LogP contribution in [-0.2, 0) is 0 Å². The monoisotopic (exact) mass is 272 g/mol. The van der Waals surface area contributed by atoms with Gasteiger partial charge in [-0.05, 0) is 61.8 Å². The minimum atomic E-state index is 0.436. The van der Waals surface area contributed by atoms with E-state index in [1.54, 1.807) is 0 Å². The molecule has 1 unspecified atom stereocenters. The molecule has 20 heavy (non-hydrogen) atoms. The Balaban J connectivity index is 1.64. The summed E-state index contributed by atoms with van der Waals surface area (Å²) in [6.07, 6.45) is 8.09. The normalized spacial score (nSPS) is 25.7. The van der Waals surface area contributed by atoms with Crippen LogP contribution in [0, 0.1) is 5.41 Å². The zero-order valence-corrected chi connectivity index (χ0v) is 13.0. The molecule has 1 aliphatic carbocycles. The minimum Gasteiger partial charge on any atom is -0.382 e. The van der Waals surface area contributed by atoms with Crippen molar-refractivity contribution in [1.29, 1.82) is 0 Å². The molecule has 0 amide bonds. The average molecular weight is 272 g/mol. The molecule has 0 radical (unpaired) electrons. The molecular formula is C18H28N2. The highest BCUT2D eigenvalue weighted by molar-refractivity contribution is 5.55. The number of anilines is 2. The quantitative estimate of drug-likeness (QED) is 0.860. The Morgan fingerprint density at radius 1 is 1.00 bits per heavy atom. The van der Waals surface area contributed by atoms with E-state index >= 15 is 0 Å². The predicted octanol–water partition coefficient (Wildman–Crippen LogP) is 4.67. The van der Waals surface area contributed by atoms with Crippen molar-refractivity contribution < 1.29 is 0 Å². The Hall–Kier alpha value is -1.18. The van der Waals surface area contributed by atoms with Crippen molar-refractivity contribution in [2.75, 3.05) is 23.3 Å². The number of nitrogens with zero attached hydrogens (tertiary/aromatic N) is 1. The highest BCUT2D eigenvalue weighted by Crippen LogP contribution is 2.39. The third-order valence-electron chi connectivity index (χ3n) is 5.19. The summed E-state index contributed by atoms with van der Waals surface area (Å²) in [5, 5.41) is 3.74. The van der Waals surface area contributed by atoms with Gasteiger partial charge in [-0.3, -0.25) is 0 Å². The van der Waals surface area contributed by atoms with E-state index in [4.69, 9.17) is 0 Å². The molecule has 1 heterocycles. The van der Waals surface area contributed by atoms with Crippen LogP contribution in [0.2, 0.25) is 0 Å². The Morgan fingerprint density at radius 2 is 1.70 bits per heavy atom. The fourth-order valence-electron chi connectivity index (χ4n) is 3.72. The van der Waals surface area contributed by atoms with E-state index in [1.807, 2.05) is 0 Å². The van der Waals surface area contributed by atoms with Gasteiger partial charge in [0.05, 0.1) is 0 Å². The fourth-order valence-corrected chi connectivity index (χ4v) is 3.72. The molecule has 2 heteroatoms. The van der Waals surface area contributed by atoms with E-state index in [9.17, 15) is 0 Å². The van der Waals surface area contributed by atoms with Crippen LogP contribution in [0.25, 0.3) is 0 Å². The smallest absolute Gasteiger partial charge is 0.0367 e. The van der Waals surface area contributed by atoms with Crippen LogP contribution in [0.1, 0.15) is 52.4 Å². The molecule has 1 saturated heterocycles. The summed E-state index contributed by atoms with van der Waals surface area (Å²) < 4.78 is 0. The lowest BCUT2D eigenvalue weighted by molar-refractivity contribution is 0.350. The molecule has 1 saturated carbocycles. The molecule has 3 rings (SSSR count). The summed E-state index contributed by atoms with van der Waals surface area (Å²) in [6, 6.07) is 9.73. The maximum atomic E-state index is 3.74. The molecule has 0 spiro atoms. The van der Waals surface area contributed by atoms with Gasteiger partial charge < -0.3 is 10.2 Å². The maximum Gasteiger partial charge on any atom is 0.0367 e. The lowest BCUT2D eigenvalue weighted by Gasteiger charge is -2.30. The molecule has 1 atom stereocenters. The van der Waals surface area contributed by atoms with E-state index in [1.165, 1.54) is 63.0 Å². The topological polar surface area (TPSA) is 15.3 Å². The summed E-state index contributed by atoms with van der Waals surface area (Å²) in [5.41, 5.74) is 3.11. The number of hydrogen-bond acceptors (Lipinski definition) is 2. The van der Waals surface area contributed by atoms with E-state index in [-0.39, 0.29) is 0 Å². The van der Waals surface area contributed by atoms with Gasteiger partial charge in [0.2, 0.25) is 0 Å². The Labute approximate surface area is 123 Å². The van der Waals surface area contributed by atoms with Crippen molar-refractivity contribution in [2.24, 2.45) is 5.41 Å². The third kappa shape index (κ3) is 2.94. The number of hydrogen-bond donors (Lipinski definition) is 1. The standard InChI is InChI=1S/C18H28N2/c1-18(2)12-6-7-17(18)19-15-8-10-16(11-9-15)20-13-4-3-5-14-20/h8-11,17,19H,3-7,12-14H2,1-2H3. The molecule has 1 aromatic carbocycles. The Bertz CT molecular complexity index is 429. The molecule has 2 fully saturated rings. The van der Waals surface area contributed by atoms with E-state index in [2.05, 4.69) is 48.3 Å². The summed E-state index contributed by atoms with van der Waals surface area (Å²) >= 11 is 0. The number of nitrogens with one attached hydrogen (secondary N) is 1. The first-order chi connectivity index (χ1) is 9.65. The average Bonchev–Trinajstić information content (AvgIpc) is 2.80. The molecule has 2 nitrogen and oxygen atoms in total. The lowest BCUT2D eigenvalue weighted by Crippen LogP contribution is -2.31. The molecule has 2 aliphatic rings. The second kappa shape index (κ2) is 5.67. The van der Waals surface area contributed by atoms with Crippen LogP contribution in [0.5, 0.6) is 0 Å². The van der Waals surface area contributed by atoms with Crippen molar-refractivity contribution in [3.8, 4) is 0 Å². The summed E-state index contributed by atoms with van der Waals surface area (Å²) in [4.78, 5) is 2.52.